The van der Waals surface area contributed by atoms with Crippen LogP contribution >= 0.6 is 0 Å². The van der Waals surface area contributed by atoms with Crippen LogP contribution in [0.2, 0.25) is 0 Å². The predicted octanol–water partition coefficient (Wildman–Crippen LogP) is 2.49. The molecule has 6 heteroatoms. The maximum absolute atomic E-state index is 12.4. The molecule has 0 aromatic heterocycles. The van der Waals surface area contributed by atoms with Crippen LogP contribution in [0.5, 0.6) is 0 Å². The lowest BCUT2D eigenvalue weighted by molar-refractivity contribution is -0.126. The number of hydrogen-bond acceptors (Lipinski definition) is 4. The number of nitrogens with one attached hydrogen (secondary N) is 2. The van der Waals surface area contributed by atoms with Crippen LogP contribution in [0.25, 0.3) is 0 Å². The minimum Gasteiger partial charge on any atom is -0.444 e. The Bertz CT molecular complexity index is 433. The van der Waals surface area contributed by atoms with Crippen molar-refractivity contribution >= 4 is 12.0 Å². The lowest BCUT2D eigenvalue weighted by Gasteiger charge is -2.34. The zero-order chi connectivity index (χ0) is 16.8. The van der Waals surface area contributed by atoms with Crippen LogP contribution in [-0.2, 0) is 9.53 Å². The third-order valence-electron chi connectivity index (χ3n) is 3.75. The van der Waals surface area contributed by atoms with Gasteiger partial charge in [-0.2, -0.15) is 5.26 Å². The number of carbonyl (C=O) groups is 2. The van der Waals surface area contributed by atoms with Gasteiger partial charge in [0, 0.05) is 6.04 Å². The lowest BCUT2D eigenvalue weighted by atomic mass is 9.79. The first-order chi connectivity index (χ1) is 10.3. The molecule has 6 nitrogen and oxygen atoms in total. The summed E-state index contributed by atoms with van der Waals surface area (Å²) in [6.45, 7) is 7.27. The van der Waals surface area contributed by atoms with E-state index in [1.54, 1.807) is 20.8 Å². The maximum Gasteiger partial charge on any atom is 0.408 e. The molecule has 1 rings (SSSR count). The summed E-state index contributed by atoms with van der Waals surface area (Å²) in [4.78, 5) is 24.4. The zero-order valence-electron chi connectivity index (χ0n) is 13.9. The Hall–Kier alpha value is -1.77. The fourth-order valence-corrected chi connectivity index (χ4v) is 2.30. The van der Waals surface area contributed by atoms with Crippen LogP contribution in [0.4, 0.5) is 4.79 Å². The van der Waals surface area contributed by atoms with Crippen molar-refractivity contribution in [2.24, 2.45) is 5.92 Å². The van der Waals surface area contributed by atoms with Crippen molar-refractivity contribution in [3.05, 3.63) is 0 Å². The van der Waals surface area contributed by atoms with Gasteiger partial charge in [-0.3, -0.25) is 4.79 Å². The van der Waals surface area contributed by atoms with Gasteiger partial charge >= 0.3 is 6.09 Å². The largest absolute Gasteiger partial charge is 0.444 e. The summed E-state index contributed by atoms with van der Waals surface area (Å²) in [7, 11) is 0. The third kappa shape index (κ3) is 5.92. The molecule has 0 aromatic carbocycles. The van der Waals surface area contributed by atoms with Crippen LogP contribution in [0.15, 0.2) is 0 Å². The van der Waals surface area contributed by atoms with Gasteiger partial charge in [0.25, 0.3) is 0 Å². The minimum atomic E-state index is -0.600. The Morgan fingerprint density at radius 2 is 1.95 bits per heavy atom. The van der Waals surface area contributed by atoms with E-state index in [1.165, 1.54) is 0 Å². The van der Waals surface area contributed by atoms with E-state index < -0.39 is 17.7 Å². The van der Waals surface area contributed by atoms with Crippen molar-refractivity contribution in [1.82, 2.24) is 10.6 Å². The first kappa shape index (κ1) is 18.3. The number of amides is 2. The molecule has 0 aliphatic heterocycles. The monoisotopic (exact) mass is 309 g/mol. The molecule has 0 bridgehead atoms. The summed E-state index contributed by atoms with van der Waals surface area (Å²) < 4.78 is 5.23. The summed E-state index contributed by atoms with van der Waals surface area (Å²) in [6.07, 6.45) is 3.29. The molecule has 0 heterocycles. The zero-order valence-corrected chi connectivity index (χ0v) is 13.9. The van der Waals surface area contributed by atoms with Gasteiger partial charge in [0.15, 0.2) is 0 Å². The van der Waals surface area contributed by atoms with Crippen LogP contribution in [0, 0.1) is 17.2 Å². The van der Waals surface area contributed by atoms with Crippen molar-refractivity contribution in [1.29, 1.82) is 5.26 Å². The molecule has 0 aromatic rings. The summed E-state index contributed by atoms with van der Waals surface area (Å²) in [5, 5.41) is 14.3. The number of hydrogen-bond donors (Lipinski definition) is 2. The molecule has 0 spiro atoms. The minimum absolute atomic E-state index is 0.145. The molecule has 1 aliphatic rings. The molecule has 0 unspecified atom stereocenters. The van der Waals surface area contributed by atoms with E-state index in [0.29, 0.717) is 6.42 Å². The molecule has 2 N–H and O–H groups in total. The molecular formula is C16H27N3O3. The van der Waals surface area contributed by atoms with E-state index in [9.17, 15) is 9.59 Å². The summed E-state index contributed by atoms with van der Waals surface area (Å²) >= 11 is 0. The van der Waals surface area contributed by atoms with Crippen molar-refractivity contribution in [3.8, 4) is 6.07 Å². The molecule has 1 saturated carbocycles. The first-order valence-electron chi connectivity index (χ1n) is 7.93. The van der Waals surface area contributed by atoms with Crippen molar-refractivity contribution in [3.63, 3.8) is 0 Å². The van der Waals surface area contributed by atoms with Gasteiger partial charge in [-0.25, -0.2) is 4.79 Å². The second-order valence-corrected chi connectivity index (χ2v) is 6.79. The van der Waals surface area contributed by atoms with E-state index in [4.69, 9.17) is 10.00 Å². The van der Waals surface area contributed by atoms with E-state index in [2.05, 4.69) is 16.7 Å². The summed E-state index contributed by atoms with van der Waals surface area (Å²) in [6, 6.07) is 1.30. The highest BCUT2D eigenvalue weighted by atomic mass is 16.6. The molecule has 1 fully saturated rings. The third-order valence-corrected chi connectivity index (χ3v) is 3.75. The Morgan fingerprint density at radius 3 is 2.36 bits per heavy atom. The van der Waals surface area contributed by atoms with Gasteiger partial charge in [0.05, 0.1) is 12.5 Å². The average molecular weight is 309 g/mol. The van der Waals surface area contributed by atoms with Gasteiger partial charge < -0.3 is 15.4 Å². The molecule has 124 valence electrons. The van der Waals surface area contributed by atoms with E-state index in [-0.39, 0.29) is 24.3 Å². The van der Waals surface area contributed by atoms with Gasteiger partial charge in [0.2, 0.25) is 5.91 Å². The number of nitriles is 1. The first-order valence-corrected chi connectivity index (χ1v) is 7.93. The highest BCUT2D eigenvalue weighted by molar-refractivity contribution is 5.86. The number of rotatable bonds is 6. The Morgan fingerprint density at radius 1 is 1.32 bits per heavy atom. The Kier molecular flexibility index (Phi) is 6.66. The number of nitrogens with zero attached hydrogens (tertiary/aromatic N) is 1. The SMILES string of the molecule is CC[C@@H](CC#N)NC(=O)[C@H](NC(=O)OC(C)(C)C)C1CCC1. The molecular weight excluding hydrogens is 282 g/mol. The average Bonchev–Trinajstić information content (AvgIpc) is 2.32. The van der Waals surface area contributed by atoms with Gasteiger partial charge in [-0.15, -0.1) is 0 Å². The molecule has 22 heavy (non-hydrogen) atoms. The standard InChI is InChI=1S/C16H27N3O3/c1-5-12(9-10-17)18-14(20)13(11-7-6-8-11)19-15(21)22-16(2,3)4/h11-13H,5-9H2,1-4H3,(H,18,20)(H,19,21)/t12-,13+/m0/s1. The Balaban J connectivity index is 2.66. The van der Waals surface area contributed by atoms with E-state index >= 15 is 0 Å². The second-order valence-electron chi connectivity index (χ2n) is 6.79. The lowest BCUT2D eigenvalue weighted by Crippen LogP contribution is -2.55. The highest BCUT2D eigenvalue weighted by Gasteiger charge is 2.35. The number of ether oxygens (including phenoxy) is 1. The van der Waals surface area contributed by atoms with Crippen LogP contribution < -0.4 is 10.6 Å². The van der Waals surface area contributed by atoms with Crippen molar-refractivity contribution in [2.45, 2.75) is 77.5 Å². The molecule has 0 saturated heterocycles. The predicted molar refractivity (Wildman–Crippen MR) is 83.0 cm³/mol. The van der Waals surface area contributed by atoms with Crippen LogP contribution in [-0.4, -0.2) is 29.7 Å². The van der Waals surface area contributed by atoms with Crippen molar-refractivity contribution < 1.29 is 14.3 Å². The molecule has 1 aliphatic carbocycles. The van der Waals surface area contributed by atoms with Crippen molar-refractivity contribution in [2.75, 3.05) is 0 Å². The number of carbonyl (C=O) groups excluding carboxylic acids is 2. The highest BCUT2D eigenvalue weighted by Crippen LogP contribution is 2.30. The van der Waals surface area contributed by atoms with Crippen LogP contribution in [0.1, 0.15) is 59.8 Å². The van der Waals surface area contributed by atoms with Gasteiger partial charge in [0.1, 0.15) is 11.6 Å². The number of alkyl carbamates (subject to hydrolysis) is 1. The fourth-order valence-electron chi connectivity index (χ4n) is 2.30. The fraction of sp³-hybridized carbons (Fsp3) is 0.812. The quantitative estimate of drug-likeness (QED) is 0.788. The molecule has 0 radical (unpaired) electrons. The summed E-state index contributed by atoms with van der Waals surface area (Å²) in [5.41, 5.74) is -0.600. The maximum atomic E-state index is 12.4. The summed E-state index contributed by atoms with van der Waals surface area (Å²) in [5.74, 6) is -0.0789. The second kappa shape index (κ2) is 8.02. The van der Waals surface area contributed by atoms with Crippen LogP contribution in [0.3, 0.4) is 0 Å². The Labute approximate surface area is 132 Å². The topological polar surface area (TPSA) is 91.2 Å². The normalized spacial score (nSPS) is 17.6. The van der Waals surface area contributed by atoms with E-state index in [1.807, 2.05) is 6.92 Å². The smallest absolute Gasteiger partial charge is 0.408 e. The molecule has 2 amide bonds. The van der Waals surface area contributed by atoms with Gasteiger partial charge in [-0.1, -0.05) is 13.3 Å². The van der Waals surface area contributed by atoms with E-state index in [0.717, 1.165) is 19.3 Å². The van der Waals surface area contributed by atoms with Gasteiger partial charge in [-0.05, 0) is 46.0 Å². The molecule has 2 atom stereocenters.